The Kier molecular flexibility index (Phi) is 4.94. The lowest BCUT2D eigenvalue weighted by molar-refractivity contribution is 0.584. The third-order valence-electron chi connectivity index (χ3n) is 3.43. The minimum Gasteiger partial charge on any atom is -0.383 e. The molecule has 1 aromatic heterocycles. The van der Waals surface area contributed by atoms with Gasteiger partial charge in [-0.3, -0.25) is 0 Å². The molecule has 3 nitrogen and oxygen atoms in total. The molecule has 114 valence electrons. The van der Waals surface area contributed by atoms with Gasteiger partial charge in [-0.1, -0.05) is 20.3 Å². The van der Waals surface area contributed by atoms with E-state index in [1.807, 2.05) is 4.57 Å². The minimum absolute atomic E-state index is 0.387. The summed E-state index contributed by atoms with van der Waals surface area (Å²) in [5.41, 5.74) is 7.02. The van der Waals surface area contributed by atoms with E-state index in [0.29, 0.717) is 17.1 Å². The fraction of sp³-hybridized carbons (Fsp3) is 0.438. The van der Waals surface area contributed by atoms with Gasteiger partial charge < -0.3 is 10.3 Å². The van der Waals surface area contributed by atoms with E-state index in [-0.39, 0.29) is 0 Å². The summed E-state index contributed by atoms with van der Waals surface area (Å²) in [6, 6.07) is 3.38. The highest BCUT2D eigenvalue weighted by Crippen LogP contribution is 2.28. The number of nitrogens with two attached hydrogens (primary N) is 1. The molecule has 2 rings (SSSR count). The number of nitrogens with zero attached hydrogens (tertiary/aromatic N) is 2. The van der Waals surface area contributed by atoms with Crippen LogP contribution < -0.4 is 5.73 Å². The van der Waals surface area contributed by atoms with E-state index in [1.54, 1.807) is 0 Å². The molecule has 0 atom stereocenters. The van der Waals surface area contributed by atoms with Crippen molar-refractivity contribution in [3.8, 4) is 11.3 Å². The first-order valence-corrected chi connectivity index (χ1v) is 7.38. The molecule has 0 aliphatic heterocycles. The lowest BCUT2D eigenvalue weighted by atomic mass is 10.1. The van der Waals surface area contributed by atoms with Crippen LogP contribution in [0.25, 0.3) is 11.3 Å². The fourth-order valence-electron chi connectivity index (χ4n) is 2.40. The Morgan fingerprint density at radius 1 is 1.10 bits per heavy atom. The van der Waals surface area contributed by atoms with Crippen molar-refractivity contribution < 1.29 is 8.78 Å². The first-order valence-electron chi connectivity index (χ1n) is 7.38. The summed E-state index contributed by atoms with van der Waals surface area (Å²) >= 11 is 0. The number of nitrogen functional groups attached to an aromatic ring is 1. The normalized spacial score (nSPS) is 11.0. The molecule has 0 fully saturated rings. The van der Waals surface area contributed by atoms with E-state index >= 15 is 0 Å². The average Bonchev–Trinajstić information content (AvgIpc) is 2.73. The summed E-state index contributed by atoms with van der Waals surface area (Å²) in [7, 11) is 0. The van der Waals surface area contributed by atoms with Crippen molar-refractivity contribution in [2.24, 2.45) is 0 Å². The molecule has 0 unspecified atom stereocenters. The molecule has 0 saturated carbocycles. The van der Waals surface area contributed by atoms with E-state index in [9.17, 15) is 8.78 Å². The van der Waals surface area contributed by atoms with E-state index in [0.717, 1.165) is 44.1 Å². The molecule has 0 bridgehead atoms. The Morgan fingerprint density at radius 2 is 1.76 bits per heavy atom. The summed E-state index contributed by atoms with van der Waals surface area (Å²) in [4.78, 5) is 4.51. The zero-order valence-electron chi connectivity index (χ0n) is 12.5. The molecule has 21 heavy (non-hydrogen) atoms. The quantitative estimate of drug-likeness (QED) is 0.869. The van der Waals surface area contributed by atoms with Crippen LogP contribution in [-0.2, 0) is 13.0 Å². The van der Waals surface area contributed by atoms with Crippen LogP contribution in [0.4, 0.5) is 14.6 Å². The smallest absolute Gasteiger partial charge is 0.131 e. The molecular formula is C16H21F2N3. The molecule has 0 saturated heterocycles. The van der Waals surface area contributed by atoms with Crippen LogP contribution in [0.15, 0.2) is 18.2 Å². The number of unbranched alkanes of at least 4 members (excludes halogenated alkanes) is 1. The highest BCUT2D eigenvalue weighted by atomic mass is 19.1. The second-order valence-electron chi connectivity index (χ2n) is 5.18. The maximum atomic E-state index is 13.4. The van der Waals surface area contributed by atoms with Gasteiger partial charge >= 0.3 is 0 Å². The van der Waals surface area contributed by atoms with Crippen molar-refractivity contribution in [3.05, 3.63) is 35.7 Å². The van der Waals surface area contributed by atoms with Gasteiger partial charge in [0.25, 0.3) is 0 Å². The van der Waals surface area contributed by atoms with Crippen molar-refractivity contribution in [1.82, 2.24) is 9.55 Å². The van der Waals surface area contributed by atoms with Gasteiger partial charge in [0.05, 0.1) is 0 Å². The van der Waals surface area contributed by atoms with Gasteiger partial charge in [-0.25, -0.2) is 13.8 Å². The highest BCUT2D eigenvalue weighted by Gasteiger charge is 2.16. The second-order valence-corrected chi connectivity index (χ2v) is 5.18. The number of benzene rings is 1. The van der Waals surface area contributed by atoms with Crippen LogP contribution in [0, 0.1) is 11.6 Å². The number of aryl methyl sites for hydroxylation is 1. The van der Waals surface area contributed by atoms with Crippen LogP contribution in [0.2, 0.25) is 0 Å². The summed E-state index contributed by atoms with van der Waals surface area (Å²) in [5.74, 6) is 0.120. The summed E-state index contributed by atoms with van der Waals surface area (Å²) in [6.45, 7) is 4.95. The largest absolute Gasteiger partial charge is 0.383 e. The topological polar surface area (TPSA) is 43.8 Å². The molecule has 2 N–H and O–H groups in total. The van der Waals surface area contributed by atoms with Crippen LogP contribution in [0.5, 0.6) is 0 Å². The Bertz CT molecular complexity index is 600. The fourth-order valence-corrected chi connectivity index (χ4v) is 2.40. The van der Waals surface area contributed by atoms with E-state index in [2.05, 4.69) is 18.8 Å². The molecular weight excluding hydrogens is 272 g/mol. The number of halogens is 2. The molecule has 1 heterocycles. The van der Waals surface area contributed by atoms with Crippen LogP contribution in [0.1, 0.15) is 38.9 Å². The summed E-state index contributed by atoms with van der Waals surface area (Å²) in [6.07, 6.45) is 3.78. The lowest BCUT2D eigenvalue weighted by Gasteiger charge is -2.08. The number of aromatic nitrogens is 2. The first kappa shape index (κ1) is 15.5. The first-order chi connectivity index (χ1) is 10.1. The average molecular weight is 293 g/mol. The van der Waals surface area contributed by atoms with E-state index in [1.165, 1.54) is 12.1 Å². The molecule has 0 spiro atoms. The standard InChI is InChI=1S/C16H21F2N3/c1-3-5-7-21-14(6-4-2)20-15(16(21)19)11-8-12(17)10-13(18)9-11/h8-10H,3-7,19H2,1-2H3. The van der Waals surface area contributed by atoms with Crippen LogP contribution in [0.3, 0.4) is 0 Å². The minimum atomic E-state index is -0.621. The predicted octanol–water partition coefficient (Wildman–Crippen LogP) is 4.16. The van der Waals surface area contributed by atoms with Gasteiger partial charge in [-0.15, -0.1) is 0 Å². The van der Waals surface area contributed by atoms with Crippen molar-refractivity contribution in [1.29, 1.82) is 0 Å². The predicted molar refractivity (Wildman–Crippen MR) is 80.9 cm³/mol. The summed E-state index contributed by atoms with van der Waals surface area (Å²) in [5, 5.41) is 0. The van der Waals surface area contributed by atoms with Crippen molar-refractivity contribution in [2.75, 3.05) is 5.73 Å². The number of rotatable bonds is 6. The van der Waals surface area contributed by atoms with Crippen LogP contribution in [-0.4, -0.2) is 9.55 Å². The van der Waals surface area contributed by atoms with Gasteiger partial charge in [0.15, 0.2) is 0 Å². The lowest BCUT2D eigenvalue weighted by Crippen LogP contribution is -2.07. The van der Waals surface area contributed by atoms with Gasteiger partial charge in [0.1, 0.15) is 29.0 Å². The molecule has 2 aromatic rings. The Labute approximate surface area is 123 Å². The summed E-state index contributed by atoms with van der Waals surface area (Å²) < 4.78 is 28.7. The zero-order chi connectivity index (χ0) is 15.4. The number of hydrogen-bond acceptors (Lipinski definition) is 2. The monoisotopic (exact) mass is 293 g/mol. The molecule has 0 amide bonds. The third-order valence-corrected chi connectivity index (χ3v) is 3.43. The van der Waals surface area contributed by atoms with Gasteiger partial charge in [-0.2, -0.15) is 0 Å². The van der Waals surface area contributed by atoms with Crippen molar-refractivity contribution in [3.63, 3.8) is 0 Å². The molecule has 5 heteroatoms. The van der Waals surface area contributed by atoms with E-state index < -0.39 is 11.6 Å². The second kappa shape index (κ2) is 6.70. The highest BCUT2D eigenvalue weighted by molar-refractivity contribution is 5.71. The third kappa shape index (κ3) is 3.40. The number of anilines is 1. The zero-order valence-corrected chi connectivity index (χ0v) is 12.5. The van der Waals surface area contributed by atoms with Crippen molar-refractivity contribution in [2.45, 2.75) is 46.1 Å². The SMILES string of the molecule is CCCCn1c(CCC)nc(-c2cc(F)cc(F)c2)c1N. The Hall–Kier alpha value is -1.91. The molecule has 0 aliphatic carbocycles. The Balaban J connectivity index is 2.48. The number of imidazole rings is 1. The Morgan fingerprint density at radius 3 is 2.33 bits per heavy atom. The number of hydrogen-bond donors (Lipinski definition) is 1. The molecule has 0 radical (unpaired) electrons. The maximum Gasteiger partial charge on any atom is 0.131 e. The van der Waals surface area contributed by atoms with Gasteiger partial charge in [0, 0.05) is 24.6 Å². The van der Waals surface area contributed by atoms with Crippen LogP contribution >= 0.6 is 0 Å². The molecule has 1 aromatic carbocycles. The van der Waals surface area contributed by atoms with Crippen molar-refractivity contribution >= 4 is 5.82 Å². The maximum absolute atomic E-state index is 13.4. The van der Waals surface area contributed by atoms with Gasteiger partial charge in [0.2, 0.25) is 0 Å². The van der Waals surface area contributed by atoms with Gasteiger partial charge in [-0.05, 0) is 25.0 Å². The van der Waals surface area contributed by atoms with E-state index in [4.69, 9.17) is 5.73 Å². The molecule has 0 aliphatic rings.